The van der Waals surface area contributed by atoms with Crippen molar-refractivity contribution in [2.45, 2.75) is 45.2 Å². The number of rotatable bonds is 2. The van der Waals surface area contributed by atoms with E-state index in [-0.39, 0.29) is 0 Å². The van der Waals surface area contributed by atoms with Gasteiger partial charge in [0.15, 0.2) is 5.65 Å². The fraction of sp³-hybridized carbons (Fsp3) is 0.389. The molecule has 0 aromatic carbocycles. The van der Waals surface area contributed by atoms with Gasteiger partial charge in [-0.1, -0.05) is 0 Å². The van der Waals surface area contributed by atoms with Crippen molar-refractivity contribution in [3.8, 4) is 11.1 Å². The third-order valence-electron chi connectivity index (χ3n) is 4.85. The first-order chi connectivity index (χ1) is 11.6. The van der Waals surface area contributed by atoms with E-state index in [1.807, 2.05) is 18.6 Å². The van der Waals surface area contributed by atoms with Crippen LogP contribution in [-0.2, 0) is 0 Å². The number of nitrogens with zero attached hydrogens (tertiary/aromatic N) is 5. The van der Waals surface area contributed by atoms with Gasteiger partial charge in [0.2, 0.25) is 0 Å². The molecule has 0 saturated carbocycles. The lowest BCUT2D eigenvalue weighted by Crippen LogP contribution is -2.44. The minimum Gasteiger partial charge on any atom is -0.351 e. The van der Waals surface area contributed by atoms with E-state index in [9.17, 15) is 0 Å². The minimum atomic E-state index is 0.548. The topological polar surface area (TPSA) is 46.3 Å². The van der Waals surface area contributed by atoms with Gasteiger partial charge in [0.25, 0.3) is 0 Å². The summed E-state index contributed by atoms with van der Waals surface area (Å²) in [5, 5.41) is 4.29. The van der Waals surface area contributed by atoms with Crippen LogP contribution in [0.5, 0.6) is 0 Å². The summed E-state index contributed by atoms with van der Waals surface area (Å²) in [6.45, 7) is 4.58. The van der Waals surface area contributed by atoms with Crippen molar-refractivity contribution in [1.29, 1.82) is 0 Å². The average Bonchev–Trinajstić information content (AvgIpc) is 2.96. The van der Waals surface area contributed by atoms with Crippen molar-refractivity contribution in [3.63, 3.8) is 0 Å². The molecule has 4 rings (SSSR count). The zero-order chi connectivity index (χ0) is 16.7. The first-order valence-corrected chi connectivity index (χ1v) is 9.16. The molecule has 0 N–H and O–H groups in total. The van der Waals surface area contributed by atoms with Crippen LogP contribution >= 0.6 is 15.9 Å². The molecule has 0 spiro atoms. The number of hydrogen-bond acceptors (Lipinski definition) is 4. The highest BCUT2D eigenvalue weighted by atomic mass is 79.9. The van der Waals surface area contributed by atoms with Gasteiger partial charge in [-0.15, -0.1) is 0 Å². The van der Waals surface area contributed by atoms with Crippen molar-refractivity contribution in [3.05, 3.63) is 41.4 Å². The molecule has 1 aliphatic heterocycles. The molecule has 3 aromatic heterocycles. The summed E-state index contributed by atoms with van der Waals surface area (Å²) in [5.41, 5.74) is 2.88. The van der Waals surface area contributed by atoms with E-state index >= 15 is 0 Å². The average molecular weight is 386 g/mol. The summed E-state index contributed by atoms with van der Waals surface area (Å²) in [7, 11) is 0. The third-order valence-corrected chi connectivity index (χ3v) is 5.41. The van der Waals surface area contributed by atoms with Gasteiger partial charge in [0.05, 0.1) is 10.7 Å². The highest BCUT2D eigenvalue weighted by Gasteiger charge is 2.25. The van der Waals surface area contributed by atoms with E-state index in [0.717, 1.165) is 27.1 Å². The number of aromatic nitrogens is 4. The zero-order valence-corrected chi connectivity index (χ0v) is 15.4. The molecule has 24 heavy (non-hydrogen) atoms. The third kappa shape index (κ3) is 2.69. The summed E-state index contributed by atoms with van der Waals surface area (Å²) in [6, 6.07) is 5.34. The molecule has 5 nitrogen and oxygen atoms in total. The van der Waals surface area contributed by atoms with Crippen molar-refractivity contribution in [1.82, 2.24) is 19.6 Å². The van der Waals surface area contributed by atoms with Crippen LogP contribution in [0.25, 0.3) is 16.8 Å². The fourth-order valence-corrected chi connectivity index (χ4v) is 3.95. The van der Waals surface area contributed by atoms with E-state index in [2.05, 4.69) is 56.9 Å². The molecule has 0 unspecified atom stereocenters. The molecule has 1 saturated heterocycles. The molecule has 2 atom stereocenters. The molecule has 1 aliphatic rings. The largest absolute Gasteiger partial charge is 0.351 e. The van der Waals surface area contributed by atoms with Crippen LogP contribution in [0.3, 0.4) is 0 Å². The van der Waals surface area contributed by atoms with Gasteiger partial charge in [-0.2, -0.15) is 5.10 Å². The standard InChI is InChI=1S/C18H20BrN5/c1-12-4-3-5-13(2)24(12)17-7-6-14(8-20-17)15-9-21-18-16(19)10-22-23(18)11-15/h6-13H,3-5H2,1-2H3/t12-,13+. The number of hydrogen-bond donors (Lipinski definition) is 0. The van der Waals surface area contributed by atoms with E-state index in [1.54, 1.807) is 10.7 Å². The normalized spacial score (nSPS) is 21.4. The quantitative estimate of drug-likeness (QED) is 0.658. The molecule has 0 aliphatic carbocycles. The number of fused-ring (bicyclic) bond motifs is 1. The maximum atomic E-state index is 4.72. The summed E-state index contributed by atoms with van der Waals surface area (Å²) in [5.74, 6) is 1.06. The Kier molecular flexibility index (Phi) is 4.00. The molecule has 6 heteroatoms. The molecular weight excluding hydrogens is 366 g/mol. The van der Waals surface area contributed by atoms with Gasteiger partial charge < -0.3 is 4.90 Å². The Labute approximate surface area is 149 Å². The second-order valence-corrected chi connectivity index (χ2v) is 7.40. The van der Waals surface area contributed by atoms with E-state index in [4.69, 9.17) is 4.98 Å². The first kappa shape index (κ1) is 15.6. The van der Waals surface area contributed by atoms with Crippen LogP contribution in [0.2, 0.25) is 0 Å². The molecule has 0 bridgehead atoms. The van der Waals surface area contributed by atoms with Crippen LogP contribution < -0.4 is 4.90 Å². The molecular formula is C18H20BrN5. The second-order valence-electron chi connectivity index (χ2n) is 6.54. The van der Waals surface area contributed by atoms with Crippen LogP contribution in [-0.4, -0.2) is 31.7 Å². The smallest absolute Gasteiger partial charge is 0.169 e. The molecule has 124 valence electrons. The van der Waals surface area contributed by atoms with Crippen molar-refractivity contribution in [2.24, 2.45) is 0 Å². The summed E-state index contributed by atoms with van der Waals surface area (Å²) in [6.07, 6.45) is 11.3. The Hall–Kier alpha value is -1.95. The van der Waals surface area contributed by atoms with Gasteiger partial charge in [-0.3, -0.25) is 0 Å². The first-order valence-electron chi connectivity index (χ1n) is 8.37. The number of halogens is 1. The summed E-state index contributed by atoms with van der Waals surface area (Å²) < 4.78 is 2.68. The lowest BCUT2D eigenvalue weighted by Gasteiger charge is -2.40. The van der Waals surface area contributed by atoms with Crippen LogP contribution in [0.15, 0.2) is 41.4 Å². The van der Waals surface area contributed by atoms with Crippen molar-refractivity contribution in [2.75, 3.05) is 4.90 Å². The van der Waals surface area contributed by atoms with E-state index < -0.39 is 0 Å². The number of piperidine rings is 1. The molecule has 0 amide bonds. The lowest BCUT2D eigenvalue weighted by molar-refractivity contribution is 0.411. The second kappa shape index (κ2) is 6.16. The highest BCUT2D eigenvalue weighted by Crippen LogP contribution is 2.29. The van der Waals surface area contributed by atoms with Gasteiger partial charge in [-0.25, -0.2) is 14.5 Å². The van der Waals surface area contributed by atoms with Crippen LogP contribution in [0, 0.1) is 0 Å². The van der Waals surface area contributed by atoms with Crippen LogP contribution in [0.1, 0.15) is 33.1 Å². The van der Waals surface area contributed by atoms with Crippen LogP contribution in [0.4, 0.5) is 5.82 Å². The predicted molar refractivity (Wildman–Crippen MR) is 99.2 cm³/mol. The Bertz CT molecular complexity index is 847. The van der Waals surface area contributed by atoms with Crippen molar-refractivity contribution >= 4 is 27.4 Å². The predicted octanol–water partition coefficient (Wildman–Crippen LogP) is 4.32. The van der Waals surface area contributed by atoms with E-state index in [1.165, 1.54) is 19.3 Å². The Morgan fingerprint density at radius 1 is 1.00 bits per heavy atom. The molecule has 1 fully saturated rings. The van der Waals surface area contributed by atoms with Gasteiger partial charge in [-0.05, 0) is 61.2 Å². The zero-order valence-electron chi connectivity index (χ0n) is 13.9. The number of anilines is 1. The maximum Gasteiger partial charge on any atom is 0.169 e. The molecule has 3 aromatic rings. The summed E-state index contributed by atoms with van der Waals surface area (Å²) >= 11 is 3.45. The minimum absolute atomic E-state index is 0.548. The lowest BCUT2D eigenvalue weighted by atomic mass is 9.97. The Morgan fingerprint density at radius 2 is 1.75 bits per heavy atom. The van der Waals surface area contributed by atoms with Gasteiger partial charge in [0.1, 0.15) is 5.82 Å². The summed E-state index contributed by atoms with van der Waals surface area (Å²) in [4.78, 5) is 11.6. The Balaban J connectivity index is 1.65. The van der Waals surface area contributed by atoms with Crippen molar-refractivity contribution < 1.29 is 0 Å². The highest BCUT2D eigenvalue weighted by molar-refractivity contribution is 9.10. The number of pyridine rings is 1. The Morgan fingerprint density at radius 3 is 2.46 bits per heavy atom. The fourth-order valence-electron chi connectivity index (χ4n) is 3.58. The van der Waals surface area contributed by atoms with Gasteiger partial charge in [0, 0.05) is 41.8 Å². The maximum absolute atomic E-state index is 4.72. The molecule has 4 heterocycles. The molecule has 0 radical (unpaired) electrons. The SMILES string of the molecule is C[C@@H]1CCC[C@H](C)N1c1ccc(-c2cnc3c(Br)cnn3c2)cn1. The van der Waals surface area contributed by atoms with E-state index in [0.29, 0.717) is 12.1 Å². The van der Waals surface area contributed by atoms with Gasteiger partial charge >= 0.3 is 0 Å². The monoisotopic (exact) mass is 385 g/mol.